The second kappa shape index (κ2) is 26.0. The molecule has 5 aromatic rings. The van der Waals surface area contributed by atoms with E-state index in [1.165, 1.54) is 18.1 Å². The zero-order valence-electron chi connectivity index (χ0n) is 51.4. The van der Waals surface area contributed by atoms with Crippen LogP contribution in [0.4, 0.5) is 25.1 Å². The summed E-state index contributed by atoms with van der Waals surface area (Å²) in [6, 6.07) is 15.3. The van der Waals surface area contributed by atoms with E-state index in [1.807, 2.05) is 47.9 Å². The van der Waals surface area contributed by atoms with Gasteiger partial charge in [0.2, 0.25) is 5.91 Å². The van der Waals surface area contributed by atoms with Gasteiger partial charge in [0.05, 0.1) is 17.8 Å². The van der Waals surface area contributed by atoms with Crippen LogP contribution < -0.4 is 24.6 Å². The van der Waals surface area contributed by atoms with E-state index in [-0.39, 0.29) is 59.6 Å². The average Bonchev–Trinajstić information content (AvgIpc) is 3.39. The third kappa shape index (κ3) is 13.7. The highest BCUT2D eigenvalue weighted by atomic mass is 28.3. The summed E-state index contributed by atoms with van der Waals surface area (Å²) in [6.07, 6.45) is 8.52. The number of carbonyl (C=O) groups is 3. The van der Waals surface area contributed by atoms with Gasteiger partial charge in [-0.3, -0.25) is 19.8 Å². The largest absolute Gasteiger partial charge is 0.468 e. The lowest BCUT2D eigenvalue weighted by molar-refractivity contribution is -0.120. The Kier molecular flexibility index (Phi) is 18.9. The second-order valence-corrected chi connectivity index (χ2v) is 31.8. The number of amides is 4. The van der Waals surface area contributed by atoms with E-state index < -0.39 is 31.3 Å². The molecule has 18 heteroatoms. The maximum atomic E-state index is 18.0. The smallest absolute Gasteiger partial charge is 0.328 e. The van der Waals surface area contributed by atoms with Crippen LogP contribution in [0.2, 0.25) is 16.6 Å². The number of aryl methyl sites for hydroxylation is 1. The van der Waals surface area contributed by atoms with E-state index in [1.54, 1.807) is 24.3 Å². The summed E-state index contributed by atoms with van der Waals surface area (Å²) in [7, 11) is -0.779. The van der Waals surface area contributed by atoms with Crippen molar-refractivity contribution in [2.24, 2.45) is 17.3 Å². The molecule has 4 saturated heterocycles. The Bertz CT molecular complexity index is 3320. The Morgan fingerprint density at radius 3 is 2.27 bits per heavy atom. The molecular formula is C67H87F2N7O8Si. The van der Waals surface area contributed by atoms with Gasteiger partial charge in [0.1, 0.15) is 31.0 Å². The highest BCUT2D eigenvalue weighted by Gasteiger charge is 2.46. The summed E-state index contributed by atoms with van der Waals surface area (Å²) < 4.78 is 58.6. The number of likely N-dealkylation sites (tertiary alicyclic amines) is 2. The van der Waals surface area contributed by atoms with E-state index in [2.05, 4.69) is 63.2 Å². The monoisotopic (exact) mass is 1180 g/mol. The Labute approximate surface area is 501 Å². The molecule has 0 radical (unpaired) electrons. The van der Waals surface area contributed by atoms with E-state index >= 15 is 8.78 Å². The predicted octanol–water partition coefficient (Wildman–Crippen LogP) is 12.2. The fourth-order valence-corrected chi connectivity index (χ4v) is 19.3. The highest BCUT2D eigenvalue weighted by molar-refractivity contribution is 6.90. The van der Waals surface area contributed by atoms with Crippen molar-refractivity contribution in [1.82, 2.24) is 25.1 Å². The van der Waals surface area contributed by atoms with Crippen LogP contribution in [0.5, 0.6) is 11.8 Å². The van der Waals surface area contributed by atoms with Gasteiger partial charge in [-0.1, -0.05) is 65.7 Å². The number of nitrogens with one attached hydrogen (secondary N) is 1. The molecule has 0 bridgehead atoms. The number of aliphatic hydroxyl groups is 1. The van der Waals surface area contributed by atoms with Crippen LogP contribution in [0.15, 0.2) is 54.6 Å². The molecule has 85 heavy (non-hydrogen) atoms. The first-order chi connectivity index (χ1) is 40.7. The number of hydrogen-bond acceptors (Lipinski definition) is 12. The molecule has 10 rings (SSSR count). The zero-order valence-corrected chi connectivity index (χ0v) is 52.4. The van der Waals surface area contributed by atoms with Gasteiger partial charge in [-0.25, -0.2) is 13.6 Å². The number of piperidine rings is 3. The van der Waals surface area contributed by atoms with Gasteiger partial charge in [0.15, 0.2) is 12.6 Å². The number of benzene rings is 4. The van der Waals surface area contributed by atoms with E-state index in [0.29, 0.717) is 125 Å². The van der Waals surface area contributed by atoms with Gasteiger partial charge in [0.25, 0.3) is 5.91 Å². The fraction of sp³-hybridized carbons (Fsp3) is 0.567. The molecule has 15 nitrogen and oxygen atoms in total. The molecule has 4 aliphatic heterocycles. The van der Waals surface area contributed by atoms with Gasteiger partial charge < -0.3 is 38.8 Å². The molecule has 1 atom stereocenters. The van der Waals surface area contributed by atoms with Gasteiger partial charge >= 0.3 is 12.0 Å². The summed E-state index contributed by atoms with van der Waals surface area (Å²) >= 11 is 0. The molecule has 1 aliphatic carbocycles. The predicted molar refractivity (Wildman–Crippen MR) is 332 cm³/mol. The summed E-state index contributed by atoms with van der Waals surface area (Å²) in [5, 5.41) is 15.3. The van der Waals surface area contributed by atoms with Crippen LogP contribution in [0.25, 0.3) is 32.8 Å². The quantitative estimate of drug-likeness (QED) is 0.0329. The minimum atomic E-state index is -2.31. The lowest BCUT2D eigenvalue weighted by Gasteiger charge is -2.38. The average molecular weight is 1180 g/mol. The van der Waals surface area contributed by atoms with Gasteiger partial charge in [-0.2, -0.15) is 9.97 Å². The number of rotatable bonds is 20. The molecule has 4 amide bonds. The number of hydrogen-bond donors (Lipinski definition) is 2. The van der Waals surface area contributed by atoms with Crippen LogP contribution in [0.1, 0.15) is 134 Å². The van der Waals surface area contributed by atoms with Crippen LogP contribution in [0, 0.1) is 47.3 Å². The second-order valence-electron chi connectivity index (χ2n) is 26.2. The Morgan fingerprint density at radius 2 is 1.59 bits per heavy atom. The number of urea groups is 1. The van der Waals surface area contributed by atoms with Gasteiger partial charge in [0, 0.05) is 99.0 Å². The summed E-state index contributed by atoms with van der Waals surface area (Å²) in [6.45, 7) is 24.2. The molecule has 5 fully saturated rings. The normalized spacial score (nSPS) is 20.0. The number of aromatic nitrogens is 2. The number of fused-ring (bicyclic) bond motifs is 2. The van der Waals surface area contributed by atoms with Crippen LogP contribution in [-0.4, -0.2) is 142 Å². The van der Waals surface area contributed by atoms with Crippen LogP contribution >= 0.6 is 0 Å². The third-order valence-electron chi connectivity index (χ3n) is 19.1. The number of carbonyl (C=O) groups excluding carboxylic acids is 3. The number of β-amino-alcohol motifs (C(OH)–C–C–N with tert-alkyl or cyclic N) is 1. The van der Waals surface area contributed by atoms with Crippen molar-refractivity contribution in [1.29, 1.82) is 0 Å². The highest BCUT2D eigenvalue weighted by Crippen LogP contribution is 2.48. The number of anilines is 2. The minimum Gasteiger partial charge on any atom is -0.468 e. The topological polar surface area (TPSA) is 159 Å². The molecule has 4 aromatic carbocycles. The molecule has 1 saturated carbocycles. The molecule has 456 valence electrons. The third-order valence-corrected chi connectivity index (χ3v) is 25.4. The maximum absolute atomic E-state index is 18.0. The fourth-order valence-electron chi connectivity index (χ4n) is 14.1. The molecule has 5 aliphatic rings. The molecule has 5 heterocycles. The number of imide groups is 1. The Morgan fingerprint density at radius 1 is 0.859 bits per heavy atom. The number of methoxy groups -OCH3 is 1. The molecule has 0 spiro atoms. The lowest BCUT2D eigenvalue weighted by Crippen LogP contribution is -2.49. The standard InChI is InChI=1S/C67H87F2N7O8Si/c1-43(2)85(44(3)4,45(5)6)34-23-53-56(68)16-13-49-35-51(84-42-81-9)37-55(59(49)53)52-14-15-54-61(60(52)69)71-64(72-62(54)75-27-10-24-66(8,80)39-75)83-41-67(25-26-67)40-73-28-17-47(18-29-73)22-33-82-38-48-19-30-74(31-20-48)63(78)50-12-11-46(7)57(36-50)76-32-21-58(77)70-65(76)79/h11-16,35-37,43-45,47-48,80H,10,17-22,24-33,38-42H2,1-9H3,(H,70,77,79)/t66-/m1/s1. The van der Waals surface area contributed by atoms with E-state index in [9.17, 15) is 19.5 Å². The molecule has 1 aromatic heterocycles. The first-order valence-electron chi connectivity index (χ1n) is 31.0. The van der Waals surface area contributed by atoms with Crippen LogP contribution in [0.3, 0.4) is 0 Å². The Hall–Kier alpha value is -6.23. The Balaban J connectivity index is 0.790. The molecule has 2 N–H and O–H groups in total. The van der Waals surface area contributed by atoms with Gasteiger partial charge in [-0.05, 0) is 166 Å². The van der Waals surface area contributed by atoms with Crippen molar-refractivity contribution in [3.8, 4) is 34.4 Å². The van der Waals surface area contributed by atoms with E-state index in [4.69, 9.17) is 28.9 Å². The van der Waals surface area contributed by atoms with Crippen molar-refractivity contribution in [2.45, 2.75) is 142 Å². The van der Waals surface area contributed by atoms with Crippen molar-refractivity contribution < 1.29 is 47.2 Å². The summed E-state index contributed by atoms with van der Waals surface area (Å²) in [5.41, 5.74) is 6.59. The minimum absolute atomic E-state index is 0.0392. The van der Waals surface area contributed by atoms with Crippen molar-refractivity contribution in [3.05, 3.63) is 82.9 Å². The molecule has 0 unspecified atom stereocenters. The SMILES string of the molecule is COCOc1cc(-c2ccc3c(N4CCC[C@@](C)(O)C4)nc(OCC4(CN5CCC(CCOCC6CCN(C(=O)c7ccc(C)c(N8CCC(=O)NC8=O)c7)CC6)CC5)CC4)nc3c2F)c2c(C#C[Si](C(C)C)(C(C)C)C(C)C)c(F)ccc2c1. The first kappa shape index (κ1) is 61.8. The van der Waals surface area contributed by atoms with Gasteiger partial charge in [-0.15, -0.1) is 5.54 Å². The summed E-state index contributed by atoms with van der Waals surface area (Å²) in [5.74, 6) is 3.86. The summed E-state index contributed by atoms with van der Waals surface area (Å²) in [4.78, 5) is 55.7. The number of nitrogens with zero attached hydrogens (tertiary/aromatic N) is 6. The van der Waals surface area contributed by atoms with Crippen molar-refractivity contribution in [3.63, 3.8) is 0 Å². The van der Waals surface area contributed by atoms with Crippen molar-refractivity contribution >= 4 is 59.1 Å². The number of ether oxygens (including phenoxy) is 4. The van der Waals surface area contributed by atoms with Crippen LogP contribution in [-0.2, 0) is 14.3 Å². The van der Waals surface area contributed by atoms with E-state index in [0.717, 1.165) is 76.6 Å². The first-order valence-corrected chi connectivity index (χ1v) is 33.2. The zero-order chi connectivity index (χ0) is 60.4. The van der Waals surface area contributed by atoms with Crippen molar-refractivity contribution in [2.75, 3.05) is 95.9 Å². The maximum Gasteiger partial charge on any atom is 0.328 e. The lowest BCUT2D eigenvalue weighted by atomic mass is 9.92. The molecular weight excluding hydrogens is 1100 g/mol. The number of halogens is 2.